The van der Waals surface area contributed by atoms with E-state index in [1.54, 1.807) is 0 Å². The summed E-state index contributed by atoms with van der Waals surface area (Å²) in [5, 5.41) is 11.2. The third-order valence-electron chi connectivity index (χ3n) is 11.5. The van der Waals surface area contributed by atoms with Crippen LogP contribution in [0.3, 0.4) is 0 Å². The van der Waals surface area contributed by atoms with Gasteiger partial charge in [-0.25, -0.2) is 0 Å². The number of hydrogen-bond donors (Lipinski definition) is 1. The SMILES string of the molecule is CCCCCCCc1cccc(OC(C)Cc2cccc(O)c2CC(C)Oc2cccc(CCCCCCC)c2CCCCCCC)c1CCCCCCC. The topological polar surface area (TPSA) is 38.7 Å². The molecule has 0 saturated carbocycles. The highest BCUT2D eigenvalue weighted by Gasteiger charge is 2.19. The minimum absolute atomic E-state index is 0.0243. The Balaban J connectivity index is 1.74. The van der Waals surface area contributed by atoms with Gasteiger partial charge in [-0.15, -0.1) is 0 Å². The number of aryl methyl sites for hydroxylation is 2. The van der Waals surface area contributed by atoms with Crippen LogP contribution in [0.2, 0.25) is 0 Å². The Morgan fingerprint density at radius 2 is 0.764 bits per heavy atom. The van der Waals surface area contributed by atoms with Crippen molar-refractivity contribution >= 4 is 0 Å². The van der Waals surface area contributed by atoms with Crippen molar-refractivity contribution in [3.05, 3.63) is 88.0 Å². The first-order valence-electron chi connectivity index (χ1n) is 23.3. The Kier molecular flexibility index (Phi) is 24.0. The molecule has 0 aliphatic rings. The van der Waals surface area contributed by atoms with Crippen LogP contribution in [-0.2, 0) is 38.5 Å². The van der Waals surface area contributed by atoms with Gasteiger partial charge in [0.15, 0.2) is 0 Å². The van der Waals surface area contributed by atoms with Crippen molar-refractivity contribution in [3.63, 3.8) is 0 Å². The van der Waals surface area contributed by atoms with Crippen LogP contribution < -0.4 is 9.47 Å². The minimum atomic E-state index is -0.0739. The molecule has 0 radical (unpaired) electrons. The Morgan fingerprint density at radius 1 is 0.400 bits per heavy atom. The molecular weight excluding hydrogens is 673 g/mol. The second-order valence-corrected chi connectivity index (χ2v) is 16.6. The van der Waals surface area contributed by atoms with E-state index in [-0.39, 0.29) is 12.2 Å². The molecule has 3 heteroatoms. The summed E-state index contributed by atoms with van der Waals surface area (Å²) in [5.74, 6) is 2.45. The zero-order valence-corrected chi connectivity index (χ0v) is 36.5. The zero-order chi connectivity index (χ0) is 39.5. The average molecular weight is 755 g/mol. The molecule has 0 amide bonds. The summed E-state index contributed by atoms with van der Waals surface area (Å²) in [6.07, 6.45) is 31.5. The standard InChI is InChI=1S/C52H82O3/c1-7-11-15-19-23-30-44-32-28-38-51(47(44)35-25-21-17-13-9-3)54-42(5)40-46-34-27-37-50(53)49(46)41-43(6)55-52-39-29-33-45(31-24-20-16-12-8-2)48(52)36-26-22-18-14-10-4/h27-29,32-34,37-39,42-43,53H,7-26,30-31,35-36,40-41H2,1-6H3. The lowest BCUT2D eigenvalue weighted by Crippen LogP contribution is -2.20. The number of ether oxygens (including phenoxy) is 2. The first-order chi connectivity index (χ1) is 26.9. The van der Waals surface area contributed by atoms with Crippen LogP contribution in [0.4, 0.5) is 0 Å². The lowest BCUT2D eigenvalue weighted by atomic mass is 9.94. The largest absolute Gasteiger partial charge is 0.508 e. The molecule has 0 spiro atoms. The predicted molar refractivity (Wildman–Crippen MR) is 238 cm³/mol. The van der Waals surface area contributed by atoms with E-state index >= 15 is 0 Å². The summed E-state index contributed by atoms with van der Waals surface area (Å²) in [6.45, 7) is 13.5. The quantitative estimate of drug-likeness (QED) is 0.0645. The van der Waals surface area contributed by atoms with E-state index in [0.717, 1.165) is 54.7 Å². The Morgan fingerprint density at radius 3 is 1.20 bits per heavy atom. The van der Waals surface area contributed by atoms with Gasteiger partial charge in [-0.1, -0.05) is 167 Å². The number of unbranched alkanes of at least 4 members (excludes halogenated alkanes) is 16. The van der Waals surface area contributed by atoms with Crippen molar-refractivity contribution in [2.45, 2.75) is 221 Å². The van der Waals surface area contributed by atoms with Gasteiger partial charge in [-0.3, -0.25) is 0 Å². The van der Waals surface area contributed by atoms with E-state index in [9.17, 15) is 5.11 Å². The van der Waals surface area contributed by atoms with E-state index in [1.165, 1.54) is 151 Å². The number of phenolic OH excluding ortho intramolecular Hbond substituents is 1. The van der Waals surface area contributed by atoms with Crippen molar-refractivity contribution in [1.29, 1.82) is 0 Å². The van der Waals surface area contributed by atoms with Gasteiger partial charge in [0.05, 0.1) is 6.10 Å². The highest BCUT2D eigenvalue weighted by atomic mass is 16.5. The van der Waals surface area contributed by atoms with Crippen molar-refractivity contribution in [3.8, 4) is 17.2 Å². The molecule has 3 nitrogen and oxygen atoms in total. The summed E-state index contributed by atoms with van der Waals surface area (Å²) in [5.41, 5.74) is 7.89. The van der Waals surface area contributed by atoms with E-state index in [0.29, 0.717) is 12.2 Å². The molecule has 0 aliphatic heterocycles. The van der Waals surface area contributed by atoms with Gasteiger partial charge in [0.25, 0.3) is 0 Å². The van der Waals surface area contributed by atoms with Crippen molar-refractivity contribution < 1.29 is 14.6 Å². The van der Waals surface area contributed by atoms with Crippen LogP contribution in [0.15, 0.2) is 54.6 Å². The molecule has 0 heterocycles. The molecule has 3 aromatic carbocycles. The average Bonchev–Trinajstić information content (AvgIpc) is 3.17. The number of rotatable bonds is 32. The number of phenols is 1. The van der Waals surface area contributed by atoms with Gasteiger partial charge in [0, 0.05) is 18.4 Å². The van der Waals surface area contributed by atoms with E-state index in [2.05, 4.69) is 84.0 Å². The zero-order valence-electron chi connectivity index (χ0n) is 36.5. The van der Waals surface area contributed by atoms with E-state index in [1.807, 2.05) is 12.1 Å². The molecule has 2 atom stereocenters. The van der Waals surface area contributed by atoms with Gasteiger partial charge < -0.3 is 14.6 Å². The third-order valence-corrected chi connectivity index (χ3v) is 11.5. The first-order valence-corrected chi connectivity index (χ1v) is 23.3. The molecule has 0 bridgehead atoms. The lowest BCUT2D eigenvalue weighted by molar-refractivity contribution is 0.212. The highest BCUT2D eigenvalue weighted by molar-refractivity contribution is 5.44. The maximum Gasteiger partial charge on any atom is 0.123 e. The highest BCUT2D eigenvalue weighted by Crippen LogP contribution is 2.32. The summed E-state index contributed by atoms with van der Waals surface area (Å²) in [7, 11) is 0. The van der Waals surface area contributed by atoms with Gasteiger partial charge in [0.1, 0.15) is 23.4 Å². The molecule has 55 heavy (non-hydrogen) atoms. The summed E-state index contributed by atoms with van der Waals surface area (Å²) < 4.78 is 13.7. The number of aromatic hydroxyl groups is 1. The second-order valence-electron chi connectivity index (χ2n) is 16.6. The fraction of sp³-hybridized carbons (Fsp3) is 0.654. The molecule has 3 aromatic rings. The van der Waals surface area contributed by atoms with Crippen molar-refractivity contribution in [1.82, 2.24) is 0 Å². The van der Waals surface area contributed by atoms with Crippen LogP contribution in [-0.4, -0.2) is 17.3 Å². The van der Waals surface area contributed by atoms with E-state index in [4.69, 9.17) is 9.47 Å². The Hall–Kier alpha value is -2.94. The molecular formula is C52H82O3. The van der Waals surface area contributed by atoms with E-state index < -0.39 is 0 Å². The molecule has 0 aliphatic carbocycles. The normalized spacial score (nSPS) is 12.5. The summed E-state index contributed by atoms with van der Waals surface area (Å²) in [4.78, 5) is 0. The second kappa shape index (κ2) is 28.5. The maximum atomic E-state index is 11.2. The molecule has 308 valence electrons. The van der Waals surface area contributed by atoms with Crippen LogP contribution in [0.5, 0.6) is 17.2 Å². The smallest absolute Gasteiger partial charge is 0.123 e. The minimum Gasteiger partial charge on any atom is -0.508 e. The van der Waals surface area contributed by atoms with Gasteiger partial charge in [-0.2, -0.15) is 0 Å². The molecule has 2 unspecified atom stereocenters. The number of benzene rings is 3. The molecule has 0 fully saturated rings. The first kappa shape index (κ1) is 46.4. The summed E-state index contributed by atoms with van der Waals surface area (Å²) in [6, 6.07) is 19.4. The third kappa shape index (κ3) is 17.8. The molecule has 0 saturated heterocycles. The van der Waals surface area contributed by atoms with Crippen LogP contribution in [0, 0.1) is 0 Å². The fourth-order valence-corrected chi connectivity index (χ4v) is 8.29. The van der Waals surface area contributed by atoms with Crippen molar-refractivity contribution in [2.75, 3.05) is 0 Å². The predicted octanol–water partition coefficient (Wildman–Crippen LogP) is 15.5. The molecule has 3 rings (SSSR count). The molecule has 1 N–H and O–H groups in total. The van der Waals surface area contributed by atoms with Crippen molar-refractivity contribution in [2.24, 2.45) is 0 Å². The molecule has 0 aromatic heterocycles. The van der Waals surface area contributed by atoms with Crippen LogP contribution in [0.25, 0.3) is 0 Å². The summed E-state index contributed by atoms with van der Waals surface area (Å²) >= 11 is 0. The monoisotopic (exact) mass is 755 g/mol. The lowest BCUT2D eigenvalue weighted by Gasteiger charge is -2.23. The van der Waals surface area contributed by atoms with Crippen LogP contribution in [0.1, 0.15) is 203 Å². The van der Waals surface area contributed by atoms with Crippen LogP contribution >= 0.6 is 0 Å². The Bertz CT molecular complexity index is 1430. The Labute approximate surface area is 339 Å². The number of hydrogen-bond acceptors (Lipinski definition) is 3. The van der Waals surface area contributed by atoms with Gasteiger partial charge in [-0.05, 0) is 111 Å². The van der Waals surface area contributed by atoms with Gasteiger partial charge >= 0.3 is 0 Å². The van der Waals surface area contributed by atoms with Gasteiger partial charge in [0.2, 0.25) is 0 Å². The maximum absolute atomic E-state index is 11.2. The fourth-order valence-electron chi connectivity index (χ4n) is 8.29.